The average Bonchev–Trinajstić information content (AvgIpc) is 2.54. The van der Waals surface area contributed by atoms with Crippen LogP contribution in [0.25, 0.3) is 0 Å². The lowest BCUT2D eigenvalue weighted by Gasteiger charge is -2.33. The summed E-state index contributed by atoms with van der Waals surface area (Å²) in [6.07, 6.45) is 1.37. The average molecular weight is 351 g/mol. The number of benzene rings is 1. The molecule has 0 bridgehead atoms. The van der Waals surface area contributed by atoms with E-state index >= 15 is 0 Å². The Hall–Kier alpha value is -2.31. The monoisotopic (exact) mass is 351 g/mol. The van der Waals surface area contributed by atoms with E-state index in [0.29, 0.717) is 25.3 Å². The standard InChI is InChI=1S/C18H26FN3O3/c1-18(2,3)25-17(24)20-11-13-5-4-10-22(12-13)16(23)21-15-8-6-14(19)7-9-15/h6-9,13H,4-5,10-12H2,1-3H3,(H,20,24)(H,21,23). The Kier molecular flexibility index (Phi) is 6.22. The number of carbonyl (C=O) groups is 2. The van der Waals surface area contributed by atoms with Gasteiger partial charge in [-0.05, 0) is 63.8 Å². The molecule has 1 unspecified atom stereocenters. The summed E-state index contributed by atoms with van der Waals surface area (Å²) < 4.78 is 18.1. The predicted molar refractivity (Wildman–Crippen MR) is 94.0 cm³/mol. The smallest absolute Gasteiger partial charge is 0.407 e. The van der Waals surface area contributed by atoms with Gasteiger partial charge in [0.25, 0.3) is 0 Å². The molecule has 2 N–H and O–H groups in total. The molecule has 1 aliphatic rings. The summed E-state index contributed by atoms with van der Waals surface area (Å²) in [6.45, 7) is 7.13. The van der Waals surface area contributed by atoms with Gasteiger partial charge in [0.2, 0.25) is 0 Å². The number of ether oxygens (including phenoxy) is 1. The molecule has 1 heterocycles. The van der Waals surface area contributed by atoms with Gasteiger partial charge < -0.3 is 20.3 Å². The molecule has 2 rings (SSSR count). The molecule has 3 amide bonds. The number of nitrogens with zero attached hydrogens (tertiary/aromatic N) is 1. The summed E-state index contributed by atoms with van der Waals surface area (Å²) in [5, 5.41) is 5.53. The van der Waals surface area contributed by atoms with Gasteiger partial charge >= 0.3 is 12.1 Å². The number of hydrogen-bond donors (Lipinski definition) is 2. The number of urea groups is 1. The van der Waals surface area contributed by atoms with Crippen molar-refractivity contribution in [2.45, 2.75) is 39.2 Å². The van der Waals surface area contributed by atoms with Gasteiger partial charge in [-0.15, -0.1) is 0 Å². The van der Waals surface area contributed by atoms with E-state index in [9.17, 15) is 14.0 Å². The van der Waals surface area contributed by atoms with Gasteiger partial charge in [-0.1, -0.05) is 0 Å². The normalized spacial score (nSPS) is 17.8. The van der Waals surface area contributed by atoms with Crippen LogP contribution >= 0.6 is 0 Å². The van der Waals surface area contributed by atoms with Crippen molar-refractivity contribution in [2.75, 3.05) is 25.0 Å². The predicted octanol–water partition coefficient (Wildman–Crippen LogP) is 3.59. The Labute approximate surface area is 147 Å². The summed E-state index contributed by atoms with van der Waals surface area (Å²) in [6, 6.07) is 5.45. The third-order valence-electron chi connectivity index (χ3n) is 3.84. The second-order valence-electron chi connectivity index (χ2n) is 7.27. The molecule has 25 heavy (non-hydrogen) atoms. The molecular formula is C18H26FN3O3. The number of amides is 3. The van der Waals surface area contributed by atoms with Crippen LogP contribution in [0.15, 0.2) is 24.3 Å². The zero-order valence-corrected chi connectivity index (χ0v) is 15.0. The molecule has 6 nitrogen and oxygen atoms in total. The lowest BCUT2D eigenvalue weighted by atomic mass is 9.98. The van der Waals surface area contributed by atoms with Crippen LogP contribution in [0, 0.1) is 11.7 Å². The molecule has 1 saturated heterocycles. The van der Waals surface area contributed by atoms with Gasteiger partial charge in [0.15, 0.2) is 0 Å². The number of alkyl carbamates (subject to hydrolysis) is 1. The minimum atomic E-state index is -0.530. The molecule has 1 aliphatic heterocycles. The Bertz CT molecular complexity index is 599. The molecule has 1 fully saturated rings. The first-order chi connectivity index (χ1) is 11.7. The molecule has 1 aromatic rings. The highest BCUT2D eigenvalue weighted by atomic mass is 19.1. The number of halogens is 1. The number of hydrogen-bond acceptors (Lipinski definition) is 3. The van der Waals surface area contributed by atoms with E-state index in [1.54, 1.807) is 4.90 Å². The largest absolute Gasteiger partial charge is 0.444 e. The van der Waals surface area contributed by atoms with Crippen LogP contribution in [0.5, 0.6) is 0 Å². The fourth-order valence-corrected chi connectivity index (χ4v) is 2.69. The summed E-state index contributed by atoms with van der Waals surface area (Å²) in [7, 11) is 0. The van der Waals surface area contributed by atoms with Crippen molar-refractivity contribution >= 4 is 17.8 Å². The van der Waals surface area contributed by atoms with Crippen LogP contribution in [0.2, 0.25) is 0 Å². The zero-order chi connectivity index (χ0) is 18.4. The summed E-state index contributed by atoms with van der Waals surface area (Å²) in [5.41, 5.74) is 0.0259. The molecule has 7 heteroatoms. The van der Waals surface area contributed by atoms with E-state index in [1.165, 1.54) is 24.3 Å². The highest BCUT2D eigenvalue weighted by Crippen LogP contribution is 2.18. The summed E-state index contributed by atoms with van der Waals surface area (Å²) >= 11 is 0. The maximum atomic E-state index is 12.9. The van der Waals surface area contributed by atoms with E-state index in [0.717, 1.165) is 12.8 Å². The van der Waals surface area contributed by atoms with E-state index < -0.39 is 11.7 Å². The SMILES string of the molecule is CC(C)(C)OC(=O)NCC1CCCN(C(=O)Nc2ccc(F)cc2)C1. The molecular weight excluding hydrogens is 325 g/mol. The van der Waals surface area contributed by atoms with Crippen molar-refractivity contribution in [2.24, 2.45) is 5.92 Å². The third-order valence-corrected chi connectivity index (χ3v) is 3.84. The summed E-state index contributed by atoms with van der Waals surface area (Å²) in [5.74, 6) is -0.163. The van der Waals surface area contributed by atoms with Gasteiger partial charge in [-0.25, -0.2) is 14.0 Å². The molecule has 138 valence electrons. The maximum Gasteiger partial charge on any atom is 0.407 e. The fourth-order valence-electron chi connectivity index (χ4n) is 2.69. The Balaban J connectivity index is 1.80. The van der Waals surface area contributed by atoms with Crippen LogP contribution in [0.1, 0.15) is 33.6 Å². The quantitative estimate of drug-likeness (QED) is 0.874. The second-order valence-corrected chi connectivity index (χ2v) is 7.27. The minimum Gasteiger partial charge on any atom is -0.444 e. The second kappa shape index (κ2) is 8.18. The number of anilines is 1. The minimum absolute atomic E-state index is 0.181. The van der Waals surface area contributed by atoms with E-state index in [4.69, 9.17) is 4.74 Å². The highest BCUT2D eigenvalue weighted by molar-refractivity contribution is 5.89. The van der Waals surface area contributed by atoms with Gasteiger partial charge in [0.1, 0.15) is 11.4 Å². The van der Waals surface area contributed by atoms with Crippen LogP contribution < -0.4 is 10.6 Å². The lowest BCUT2D eigenvalue weighted by Crippen LogP contribution is -2.45. The molecule has 0 saturated carbocycles. The van der Waals surface area contributed by atoms with Crippen molar-refractivity contribution in [1.82, 2.24) is 10.2 Å². The van der Waals surface area contributed by atoms with Crippen LogP contribution in [-0.2, 0) is 4.74 Å². The molecule has 0 aromatic heterocycles. The molecule has 1 atom stereocenters. The van der Waals surface area contributed by atoms with Crippen molar-refractivity contribution < 1.29 is 18.7 Å². The van der Waals surface area contributed by atoms with Crippen molar-refractivity contribution in [3.8, 4) is 0 Å². The van der Waals surface area contributed by atoms with Crippen LogP contribution in [0.4, 0.5) is 19.7 Å². The first-order valence-electron chi connectivity index (χ1n) is 8.51. The Morgan fingerprint density at radius 1 is 1.28 bits per heavy atom. The van der Waals surface area contributed by atoms with E-state index in [-0.39, 0.29) is 17.8 Å². The Morgan fingerprint density at radius 3 is 2.60 bits per heavy atom. The number of rotatable bonds is 3. The van der Waals surface area contributed by atoms with Crippen molar-refractivity contribution in [1.29, 1.82) is 0 Å². The van der Waals surface area contributed by atoms with E-state index in [1.807, 2.05) is 20.8 Å². The third kappa shape index (κ3) is 6.60. The number of likely N-dealkylation sites (tertiary alicyclic amines) is 1. The maximum absolute atomic E-state index is 12.9. The Morgan fingerprint density at radius 2 is 1.96 bits per heavy atom. The van der Waals surface area contributed by atoms with Gasteiger partial charge in [-0.2, -0.15) is 0 Å². The molecule has 0 spiro atoms. The molecule has 0 aliphatic carbocycles. The van der Waals surface area contributed by atoms with Gasteiger partial charge in [-0.3, -0.25) is 0 Å². The number of piperidine rings is 1. The first kappa shape index (κ1) is 19.0. The van der Waals surface area contributed by atoms with Gasteiger partial charge in [0.05, 0.1) is 0 Å². The summed E-state index contributed by atoms with van der Waals surface area (Å²) in [4.78, 5) is 25.8. The van der Waals surface area contributed by atoms with Crippen LogP contribution in [0.3, 0.4) is 0 Å². The van der Waals surface area contributed by atoms with Crippen molar-refractivity contribution in [3.05, 3.63) is 30.1 Å². The lowest BCUT2D eigenvalue weighted by molar-refractivity contribution is 0.0512. The molecule has 0 radical (unpaired) electrons. The first-order valence-corrected chi connectivity index (χ1v) is 8.51. The fraction of sp³-hybridized carbons (Fsp3) is 0.556. The topological polar surface area (TPSA) is 70.7 Å². The zero-order valence-electron chi connectivity index (χ0n) is 15.0. The number of carbonyl (C=O) groups excluding carboxylic acids is 2. The van der Waals surface area contributed by atoms with Gasteiger partial charge in [0, 0.05) is 25.3 Å². The highest BCUT2D eigenvalue weighted by Gasteiger charge is 2.25. The van der Waals surface area contributed by atoms with Crippen molar-refractivity contribution in [3.63, 3.8) is 0 Å². The molecule has 1 aromatic carbocycles. The number of nitrogens with one attached hydrogen (secondary N) is 2. The van der Waals surface area contributed by atoms with Crippen LogP contribution in [-0.4, -0.2) is 42.3 Å². The van der Waals surface area contributed by atoms with E-state index in [2.05, 4.69) is 10.6 Å².